The molecule has 2 heterocycles. The maximum absolute atomic E-state index is 13.9. The molecule has 4 rings (SSSR count). The first-order valence-corrected chi connectivity index (χ1v) is 9.28. The monoisotopic (exact) mass is 380 g/mol. The Morgan fingerprint density at radius 2 is 2.00 bits per heavy atom. The second-order valence-electron chi connectivity index (χ2n) is 6.23. The molecular weight excluding hydrogens is 363 g/mol. The predicted molar refractivity (Wildman–Crippen MR) is 106 cm³/mol. The van der Waals surface area contributed by atoms with E-state index in [4.69, 9.17) is 4.74 Å². The lowest BCUT2D eigenvalue weighted by atomic mass is 10.0. The zero-order valence-electron chi connectivity index (χ0n) is 14.9. The maximum Gasteiger partial charge on any atom is 0.260 e. The van der Waals surface area contributed by atoms with Crippen LogP contribution < -0.4 is 10.3 Å². The molecule has 2 aromatic carbocycles. The standard InChI is InChI=1S/C21H17FN2O2S/c1-12-18(14-7-5-8-15(10-14)26-2)19-20(25)23-17(24-21(19)27-12)11-13-6-3-4-9-16(13)22/h3-10H,11H2,1-2H3,(H,23,24,25). The van der Waals surface area contributed by atoms with Gasteiger partial charge in [-0.25, -0.2) is 9.37 Å². The van der Waals surface area contributed by atoms with Crippen LogP contribution >= 0.6 is 11.3 Å². The smallest absolute Gasteiger partial charge is 0.260 e. The first-order chi connectivity index (χ1) is 13.1. The van der Waals surface area contributed by atoms with E-state index in [0.717, 1.165) is 21.8 Å². The molecule has 4 aromatic rings. The minimum absolute atomic E-state index is 0.214. The average Bonchev–Trinajstić information content (AvgIpc) is 3.00. The lowest BCUT2D eigenvalue weighted by Gasteiger charge is -2.06. The molecule has 0 spiro atoms. The van der Waals surface area contributed by atoms with Gasteiger partial charge in [0.1, 0.15) is 22.2 Å². The molecule has 0 atom stereocenters. The molecule has 136 valence electrons. The van der Waals surface area contributed by atoms with E-state index in [2.05, 4.69) is 9.97 Å². The van der Waals surface area contributed by atoms with E-state index < -0.39 is 0 Å². The number of hydrogen-bond acceptors (Lipinski definition) is 4. The Kier molecular flexibility index (Phi) is 4.49. The Morgan fingerprint density at radius 3 is 2.78 bits per heavy atom. The van der Waals surface area contributed by atoms with Crippen LogP contribution in [-0.2, 0) is 6.42 Å². The van der Waals surface area contributed by atoms with Crippen LogP contribution in [-0.4, -0.2) is 17.1 Å². The van der Waals surface area contributed by atoms with Crippen molar-refractivity contribution in [2.45, 2.75) is 13.3 Å². The Bertz CT molecular complexity index is 1200. The third kappa shape index (κ3) is 3.24. The lowest BCUT2D eigenvalue weighted by molar-refractivity contribution is 0.415. The van der Waals surface area contributed by atoms with Gasteiger partial charge in [0, 0.05) is 16.9 Å². The van der Waals surface area contributed by atoms with Crippen molar-refractivity contribution < 1.29 is 9.13 Å². The summed E-state index contributed by atoms with van der Waals surface area (Å²) in [6, 6.07) is 14.1. The summed E-state index contributed by atoms with van der Waals surface area (Å²) < 4.78 is 19.2. The van der Waals surface area contributed by atoms with E-state index in [1.165, 1.54) is 17.4 Å². The highest BCUT2D eigenvalue weighted by Gasteiger charge is 2.17. The third-order valence-corrected chi connectivity index (χ3v) is 5.46. The summed E-state index contributed by atoms with van der Waals surface area (Å²) in [6.07, 6.45) is 0.239. The van der Waals surface area contributed by atoms with E-state index in [1.807, 2.05) is 31.2 Å². The van der Waals surface area contributed by atoms with E-state index in [1.54, 1.807) is 25.3 Å². The van der Waals surface area contributed by atoms with Gasteiger partial charge in [0.2, 0.25) is 0 Å². The topological polar surface area (TPSA) is 55.0 Å². The van der Waals surface area contributed by atoms with Gasteiger partial charge < -0.3 is 9.72 Å². The molecule has 0 aliphatic rings. The summed E-state index contributed by atoms with van der Waals surface area (Å²) in [4.78, 5) is 21.9. The zero-order chi connectivity index (χ0) is 19.0. The van der Waals surface area contributed by atoms with Crippen molar-refractivity contribution in [3.05, 3.63) is 81.0 Å². The molecule has 0 saturated heterocycles. The van der Waals surface area contributed by atoms with E-state index in [-0.39, 0.29) is 17.8 Å². The summed E-state index contributed by atoms with van der Waals surface area (Å²) in [6.45, 7) is 1.97. The highest BCUT2D eigenvalue weighted by atomic mass is 32.1. The predicted octanol–water partition coefficient (Wildman–Crippen LogP) is 4.70. The molecule has 0 radical (unpaired) electrons. The highest BCUT2D eigenvalue weighted by molar-refractivity contribution is 7.19. The minimum Gasteiger partial charge on any atom is -0.497 e. The molecule has 0 fully saturated rings. The van der Waals surface area contributed by atoms with Gasteiger partial charge in [0.15, 0.2) is 0 Å². The SMILES string of the molecule is COc1cccc(-c2c(C)sc3nc(Cc4ccccc4F)[nH]c(=O)c23)c1. The molecule has 0 unspecified atom stereocenters. The quantitative estimate of drug-likeness (QED) is 0.558. The first kappa shape index (κ1) is 17.4. The van der Waals surface area contributed by atoms with Crippen LogP contribution in [0.15, 0.2) is 53.3 Å². The minimum atomic E-state index is -0.306. The summed E-state index contributed by atoms with van der Waals surface area (Å²) in [5.74, 6) is 0.877. The van der Waals surface area contributed by atoms with Crippen LogP contribution in [0.2, 0.25) is 0 Å². The number of methoxy groups -OCH3 is 1. The molecule has 6 heteroatoms. The van der Waals surface area contributed by atoms with Crippen molar-refractivity contribution in [3.8, 4) is 16.9 Å². The molecule has 27 heavy (non-hydrogen) atoms. The number of fused-ring (bicyclic) bond motifs is 1. The van der Waals surface area contributed by atoms with Crippen molar-refractivity contribution in [1.82, 2.24) is 9.97 Å². The molecule has 0 amide bonds. The number of nitrogens with zero attached hydrogens (tertiary/aromatic N) is 1. The van der Waals surface area contributed by atoms with Gasteiger partial charge in [-0.1, -0.05) is 30.3 Å². The van der Waals surface area contributed by atoms with Gasteiger partial charge in [-0.05, 0) is 36.2 Å². The van der Waals surface area contributed by atoms with E-state index in [9.17, 15) is 9.18 Å². The Hall–Kier alpha value is -2.99. The number of aromatic nitrogens is 2. The number of H-pyrrole nitrogens is 1. The highest BCUT2D eigenvalue weighted by Crippen LogP contribution is 2.36. The van der Waals surface area contributed by atoms with Crippen molar-refractivity contribution in [3.63, 3.8) is 0 Å². The molecule has 0 bridgehead atoms. The summed E-state index contributed by atoms with van der Waals surface area (Å²) in [5, 5.41) is 0.558. The van der Waals surface area contributed by atoms with Gasteiger partial charge in [-0.15, -0.1) is 11.3 Å². The second kappa shape index (κ2) is 6.96. The Balaban J connectivity index is 1.84. The van der Waals surface area contributed by atoms with Crippen LogP contribution in [0.25, 0.3) is 21.3 Å². The van der Waals surface area contributed by atoms with Crippen LogP contribution in [0.1, 0.15) is 16.3 Å². The molecular formula is C21H17FN2O2S. The van der Waals surface area contributed by atoms with Crippen LogP contribution in [0, 0.1) is 12.7 Å². The number of benzene rings is 2. The van der Waals surface area contributed by atoms with E-state index >= 15 is 0 Å². The fraction of sp³-hybridized carbons (Fsp3) is 0.143. The summed E-state index contributed by atoms with van der Waals surface area (Å²) in [5.41, 5.74) is 2.06. The van der Waals surface area contributed by atoms with Crippen LogP contribution in [0.5, 0.6) is 5.75 Å². The number of rotatable bonds is 4. The number of halogens is 1. The molecule has 0 aliphatic heterocycles. The molecule has 2 aromatic heterocycles. The van der Waals surface area contributed by atoms with Crippen molar-refractivity contribution >= 4 is 21.6 Å². The number of aryl methyl sites for hydroxylation is 1. The van der Waals surface area contributed by atoms with Crippen molar-refractivity contribution in [2.24, 2.45) is 0 Å². The fourth-order valence-corrected chi connectivity index (χ4v) is 4.26. The van der Waals surface area contributed by atoms with Crippen LogP contribution in [0.3, 0.4) is 0 Å². The summed E-state index contributed by atoms with van der Waals surface area (Å²) >= 11 is 1.46. The van der Waals surface area contributed by atoms with Crippen molar-refractivity contribution in [2.75, 3.05) is 7.11 Å². The van der Waals surface area contributed by atoms with Crippen molar-refractivity contribution in [1.29, 1.82) is 0 Å². The summed E-state index contributed by atoms with van der Waals surface area (Å²) in [7, 11) is 1.61. The van der Waals surface area contributed by atoms with Gasteiger partial charge in [0.05, 0.1) is 12.5 Å². The number of ether oxygens (including phenoxy) is 1. The van der Waals surface area contributed by atoms with Gasteiger partial charge in [-0.2, -0.15) is 0 Å². The Morgan fingerprint density at radius 1 is 1.19 bits per heavy atom. The number of hydrogen-bond donors (Lipinski definition) is 1. The number of thiophene rings is 1. The molecule has 0 saturated carbocycles. The van der Waals surface area contributed by atoms with Gasteiger partial charge in [-0.3, -0.25) is 4.79 Å². The maximum atomic E-state index is 13.9. The third-order valence-electron chi connectivity index (χ3n) is 4.46. The normalized spacial score (nSPS) is 11.1. The average molecular weight is 380 g/mol. The molecule has 1 N–H and O–H groups in total. The zero-order valence-corrected chi connectivity index (χ0v) is 15.7. The molecule has 0 aliphatic carbocycles. The number of nitrogens with one attached hydrogen (secondary N) is 1. The number of aromatic amines is 1. The van der Waals surface area contributed by atoms with E-state index in [0.29, 0.717) is 21.6 Å². The van der Waals surface area contributed by atoms with Gasteiger partial charge in [0.25, 0.3) is 5.56 Å². The Labute approximate surface area is 159 Å². The fourth-order valence-electron chi connectivity index (χ4n) is 3.20. The van der Waals surface area contributed by atoms with Gasteiger partial charge >= 0.3 is 0 Å². The second-order valence-corrected chi connectivity index (χ2v) is 7.43. The largest absolute Gasteiger partial charge is 0.497 e. The van der Waals surface area contributed by atoms with Crippen LogP contribution in [0.4, 0.5) is 4.39 Å². The molecule has 4 nitrogen and oxygen atoms in total. The first-order valence-electron chi connectivity index (χ1n) is 8.47. The lowest BCUT2D eigenvalue weighted by Crippen LogP contribution is -2.12.